The number of ether oxygens (including phenoxy) is 2. The molecule has 1 saturated heterocycles. The van der Waals surface area contributed by atoms with Gasteiger partial charge in [-0.05, 0) is 44.4 Å². The van der Waals surface area contributed by atoms with Crippen LogP contribution in [-0.2, 0) is 32.0 Å². The largest absolute Gasteiger partial charge is 0.444 e. The molecule has 208 valence electrons. The Bertz CT molecular complexity index is 1260. The molecular weight excluding hydrogens is 500 g/mol. The molecule has 39 heavy (non-hydrogen) atoms. The first-order valence-electron chi connectivity index (χ1n) is 13.1. The van der Waals surface area contributed by atoms with E-state index in [-0.39, 0.29) is 24.5 Å². The van der Waals surface area contributed by atoms with E-state index in [4.69, 9.17) is 15.2 Å². The summed E-state index contributed by atoms with van der Waals surface area (Å²) in [5.41, 5.74) is 7.86. The van der Waals surface area contributed by atoms with E-state index >= 15 is 0 Å². The molecule has 10 nitrogen and oxygen atoms in total. The van der Waals surface area contributed by atoms with E-state index in [9.17, 15) is 19.2 Å². The molecule has 0 unspecified atom stereocenters. The third-order valence-electron chi connectivity index (χ3n) is 7.15. The smallest absolute Gasteiger partial charge is 0.408 e. The molecule has 4 rings (SSSR count). The second-order valence-electron chi connectivity index (χ2n) is 11.3. The number of benzene rings is 1. The molecule has 2 aromatic rings. The van der Waals surface area contributed by atoms with Crippen LogP contribution >= 0.6 is 0 Å². The van der Waals surface area contributed by atoms with Crippen molar-refractivity contribution in [2.45, 2.75) is 64.1 Å². The number of aromatic nitrogens is 1. The molecule has 0 bridgehead atoms. The highest BCUT2D eigenvalue weighted by Gasteiger charge is 2.43. The van der Waals surface area contributed by atoms with Crippen molar-refractivity contribution in [2.24, 2.45) is 11.7 Å². The van der Waals surface area contributed by atoms with Gasteiger partial charge < -0.3 is 25.4 Å². The van der Waals surface area contributed by atoms with Gasteiger partial charge in [0.05, 0.1) is 0 Å². The number of amides is 3. The van der Waals surface area contributed by atoms with Crippen LogP contribution in [0.25, 0.3) is 11.1 Å². The molecule has 1 aromatic carbocycles. The second kappa shape index (κ2) is 11.1. The van der Waals surface area contributed by atoms with Gasteiger partial charge in [0.25, 0.3) is 5.91 Å². The van der Waals surface area contributed by atoms with Crippen molar-refractivity contribution in [1.29, 1.82) is 0 Å². The Kier molecular flexibility index (Phi) is 8.06. The molecule has 3 amide bonds. The average molecular weight is 537 g/mol. The lowest BCUT2D eigenvalue weighted by molar-refractivity contribution is -0.133. The molecule has 1 atom stereocenters. The van der Waals surface area contributed by atoms with Gasteiger partial charge in [0, 0.05) is 69.3 Å². The predicted octanol–water partition coefficient (Wildman–Crippen LogP) is 3.01. The van der Waals surface area contributed by atoms with E-state index in [1.54, 1.807) is 38.9 Å². The number of nitrogens with zero attached hydrogens (tertiary/aromatic N) is 2. The van der Waals surface area contributed by atoms with Crippen LogP contribution in [0.3, 0.4) is 0 Å². The average Bonchev–Trinajstić information content (AvgIpc) is 3.15. The molecule has 10 heteroatoms. The summed E-state index contributed by atoms with van der Waals surface area (Å²) >= 11 is 0. The highest BCUT2D eigenvalue weighted by Crippen LogP contribution is 2.29. The van der Waals surface area contributed by atoms with Crippen molar-refractivity contribution in [3.05, 3.63) is 53.3 Å². The molecule has 3 heterocycles. The molecule has 0 saturated carbocycles. The van der Waals surface area contributed by atoms with Crippen LogP contribution in [0, 0.1) is 5.92 Å². The minimum absolute atomic E-state index is 0.0808. The van der Waals surface area contributed by atoms with Crippen molar-refractivity contribution < 1.29 is 28.7 Å². The summed E-state index contributed by atoms with van der Waals surface area (Å²) in [6.07, 6.45) is 1.76. The van der Waals surface area contributed by atoms with E-state index in [1.807, 2.05) is 30.3 Å². The summed E-state index contributed by atoms with van der Waals surface area (Å²) in [5, 5.41) is 2.77. The molecule has 2 aliphatic rings. The van der Waals surface area contributed by atoms with Crippen LogP contribution in [0.15, 0.2) is 36.5 Å². The first kappa shape index (κ1) is 28.2. The van der Waals surface area contributed by atoms with Crippen molar-refractivity contribution in [3.63, 3.8) is 0 Å². The summed E-state index contributed by atoms with van der Waals surface area (Å²) in [5.74, 6) is -1.67. The molecule has 0 aliphatic carbocycles. The molecule has 1 aromatic heterocycles. The molecule has 3 N–H and O–H groups in total. The third kappa shape index (κ3) is 6.62. The van der Waals surface area contributed by atoms with Gasteiger partial charge in [-0.25, -0.2) is 4.79 Å². The minimum Gasteiger partial charge on any atom is -0.444 e. The van der Waals surface area contributed by atoms with Crippen LogP contribution in [0.4, 0.5) is 4.79 Å². The standard InChI is InChI=1S/C29H36N4O6/c1-28(2,3)39-27(37)32-29(9-11-38-12-10-29)23(34)15-20(25(30)35)13-18-5-7-19(8-6-18)21-14-22-17-33(4)26(36)24(22)31-16-21/h5-8,14,16,20H,9-13,15,17H2,1-4H3,(H2,30,35)(H,32,37)/t20-/m1/s1. The van der Waals surface area contributed by atoms with E-state index in [0.29, 0.717) is 38.3 Å². The van der Waals surface area contributed by atoms with Crippen molar-refractivity contribution >= 4 is 23.7 Å². The quantitative estimate of drug-likeness (QED) is 0.528. The van der Waals surface area contributed by atoms with Gasteiger partial charge in [-0.15, -0.1) is 0 Å². The normalized spacial score (nSPS) is 17.3. The monoisotopic (exact) mass is 536 g/mol. The zero-order valence-electron chi connectivity index (χ0n) is 22.9. The maximum absolute atomic E-state index is 13.5. The summed E-state index contributed by atoms with van der Waals surface area (Å²) in [7, 11) is 1.75. The molecule has 2 aliphatic heterocycles. The van der Waals surface area contributed by atoms with E-state index in [1.165, 1.54) is 0 Å². The fourth-order valence-electron chi connectivity index (χ4n) is 4.99. The Morgan fingerprint density at radius 1 is 1.15 bits per heavy atom. The fraction of sp³-hybridized carbons (Fsp3) is 0.483. The molecule has 0 radical (unpaired) electrons. The number of ketones is 1. The maximum Gasteiger partial charge on any atom is 0.408 e. The number of alkyl carbamates (subject to hydrolysis) is 1. The summed E-state index contributed by atoms with van der Waals surface area (Å²) in [6.45, 7) is 6.40. The molecule has 1 fully saturated rings. The lowest BCUT2D eigenvalue weighted by Gasteiger charge is -2.37. The van der Waals surface area contributed by atoms with Crippen molar-refractivity contribution in [1.82, 2.24) is 15.2 Å². The number of hydrogen-bond acceptors (Lipinski definition) is 7. The number of hydrogen-bond donors (Lipinski definition) is 2. The van der Waals surface area contributed by atoms with Crippen LogP contribution in [-0.4, -0.2) is 65.0 Å². The Labute approximate surface area is 228 Å². The van der Waals surface area contributed by atoms with Crippen LogP contribution in [0.1, 0.15) is 61.6 Å². The highest BCUT2D eigenvalue weighted by molar-refractivity contribution is 5.97. The van der Waals surface area contributed by atoms with Gasteiger partial charge in [0.15, 0.2) is 5.78 Å². The predicted molar refractivity (Wildman–Crippen MR) is 144 cm³/mol. The van der Waals surface area contributed by atoms with Gasteiger partial charge in [-0.1, -0.05) is 24.3 Å². The molecule has 0 spiro atoms. The lowest BCUT2D eigenvalue weighted by Crippen LogP contribution is -2.58. The number of pyridine rings is 1. The topological polar surface area (TPSA) is 141 Å². The van der Waals surface area contributed by atoms with E-state index in [0.717, 1.165) is 22.3 Å². The molecular formula is C29H36N4O6. The fourth-order valence-corrected chi connectivity index (χ4v) is 4.99. The first-order valence-corrected chi connectivity index (χ1v) is 13.1. The Morgan fingerprint density at radius 3 is 2.44 bits per heavy atom. The number of rotatable bonds is 8. The van der Waals surface area contributed by atoms with Gasteiger partial charge >= 0.3 is 6.09 Å². The SMILES string of the molecule is CN1Cc2cc(-c3ccc(C[C@H](CC(=O)C4(NC(=O)OC(C)(C)C)CCOCC4)C(N)=O)cc3)cnc2C1=O. The van der Waals surface area contributed by atoms with Crippen LogP contribution < -0.4 is 11.1 Å². The van der Waals surface area contributed by atoms with Crippen LogP contribution in [0.5, 0.6) is 0 Å². The van der Waals surface area contributed by atoms with Crippen molar-refractivity contribution in [2.75, 3.05) is 20.3 Å². The highest BCUT2D eigenvalue weighted by atomic mass is 16.6. The summed E-state index contributed by atoms with van der Waals surface area (Å²) in [6, 6.07) is 9.59. The van der Waals surface area contributed by atoms with Gasteiger partial charge in [-0.2, -0.15) is 0 Å². The number of carbonyl (C=O) groups is 4. The summed E-state index contributed by atoms with van der Waals surface area (Å²) in [4.78, 5) is 56.6. The zero-order valence-corrected chi connectivity index (χ0v) is 22.9. The van der Waals surface area contributed by atoms with E-state index < -0.39 is 29.1 Å². The Morgan fingerprint density at radius 2 is 1.82 bits per heavy atom. The Hall–Kier alpha value is -3.79. The number of nitrogens with two attached hydrogens (primary N) is 1. The number of Topliss-reactive ketones (excluding diaryl/α,β-unsaturated/α-hetero) is 1. The van der Waals surface area contributed by atoms with Crippen molar-refractivity contribution in [3.8, 4) is 11.1 Å². The zero-order chi connectivity index (χ0) is 28.4. The second-order valence-corrected chi connectivity index (χ2v) is 11.3. The number of nitrogens with one attached hydrogen (secondary N) is 1. The van der Waals surface area contributed by atoms with Gasteiger partial charge in [-0.3, -0.25) is 19.4 Å². The van der Waals surface area contributed by atoms with Gasteiger partial charge in [0.1, 0.15) is 16.8 Å². The van der Waals surface area contributed by atoms with Crippen LogP contribution in [0.2, 0.25) is 0 Å². The first-order chi connectivity index (χ1) is 18.4. The number of primary amides is 1. The third-order valence-corrected chi connectivity index (χ3v) is 7.15. The lowest BCUT2D eigenvalue weighted by atomic mass is 9.80. The maximum atomic E-state index is 13.5. The minimum atomic E-state index is -1.17. The van der Waals surface area contributed by atoms with Gasteiger partial charge in [0.2, 0.25) is 5.91 Å². The summed E-state index contributed by atoms with van der Waals surface area (Å²) < 4.78 is 10.8. The number of carbonyl (C=O) groups excluding carboxylic acids is 4. The van der Waals surface area contributed by atoms with E-state index in [2.05, 4.69) is 10.3 Å². The Balaban J connectivity index is 1.46. The number of fused-ring (bicyclic) bond motifs is 1.